The largest absolute Gasteiger partial charge is 0.396 e. The van der Waals surface area contributed by atoms with E-state index in [2.05, 4.69) is 42.2 Å². The highest BCUT2D eigenvalue weighted by Gasteiger charge is 2.04. The van der Waals surface area contributed by atoms with Crippen LogP contribution in [0.1, 0.15) is 44.7 Å². The van der Waals surface area contributed by atoms with Crippen molar-refractivity contribution in [2.45, 2.75) is 45.7 Å². The first kappa shape index (κ1) is 13.3. The molecule has 16 heavy (non-hydrogen) atoms. The van der Waals surface area contributed by atoms with E-state index in [0.29, 0.717) is 12.6 Å². The van der Waals surface area contributed by atoms with Crippen LogP contribution < -0.4 is 5.32 Å². The van der Waals surface area contributed by atoms with Crippen LogP contribution in [0.2, 0.25) is 0 Å². The van der Waals surface area contributed by atoms with Crippen LogP contribution in [0, 0.1) is 0 Å². The van der Waals surface area contributed by atoms with Gasteiger partial charge in [-0.2, -0.15) is 0 Å². The van der Waals surface area contributed by atoms with Gasteiger partial charge in [0.2, 0.25) is 0 Å². The number of aromatic nitrogens is 1. The third-order valence-corrected chi connectivity index (χ3v) is 2.86. The number of nitrogens with one attached hydrogen (secondary N) is 1. The van der Waals surface area contributed by atoms with Crippen molar-refractivity contribution in [3.8, 4) is 0 Å². The summed E-state index contributed by atoms with van der Waals surface area (Å²) in [5, 5.41) is 12.1. The van der Waals surface area contributed by atoms with E-state index in [4.69, 9.17) is 5.11 Å². The Hall–Kier alpha value is -0.800. The molecule has 1 aromatic rings. The maximum absolute atomic E-state index is 8.68. The average molecular weight is 224 g/mol. The molecule has 0 aliphatic heterocycles. The molecule has 0 spiro atoms. The van der Waals surface area contributed by atoms with E-state index in [-0.39, 0.29) is 0 Å². The fraction of sp³-hybridized carbons (Fsp3) is 0.692. The van der Waals surface area contributed by atoms with Crippen LogP contribution in [-0.4, -0.2) is 22.8 Å². The van der Waals surface area contributed by atoms with Gasteiger partial charge in [-0.3, -0.25) is 0 Å². The molecule has 3 heteroatoms. The van der Waals surface area contributed by atoms with Crippen molar-refractivity contribution in [1.29, 1.82) is 0 Å². The van der Waals surface area contributed by atoms with Gasteiger partial charge in [0.05, 0.1) is 0 Å². The lowest BCUT2D eigenvalue weighted by Crippen LogP contribution is -2.17. The van der Waals surface area contributed by atoms with Crippen LogP contribution in [0.15, 0.2) is 18.5 Å². The molecule has 1 unspecified atom stereocenters. The number of hydrogen-bond acceptors (Lipinski definition) is 2. The molecule has 1 heterocycles. The summed E-state index contributed by atoms with van der Waals surface area (Å²) in [4.78, 5) is 0. The summed E-state index contributed by atoms with van der Waals surface area (Å²) in [6, 6.07) is 2.61. The maximum atomic E-state index is 8.68. The molecule has 0 amide bonds. The van der Waals surface area contributed by atoms with Gasteiger partial charge in [0.1, 0.15) is 0 Å². The number of aliphatic hydroxyl groups is 1. The lowest BCUT2D eigenvalue weighted by molar-refractivity contribution is 0.282. The summed E-state index contributed by atoms with van der Waals surface area (Å²) >= 11 is 0. The minimum atomic E-state index is 0.314. The Bertz CT molecular complexity index is 283. The van der Waals surface area contributed by atoms with Crippen molar-refractivity contribution in [1.82, 2.24) is 9.88 Å². The predicted molar refractivity (Wildman–Crippen MR) is 67.5 cm³/mol. The highest BCUT2D eigenvalue weighted by atomic mass is 16.2. The van der Waals surface area contributed by atoms with Gasteiger partial charge in [-0.25, -0.2) is 0 Å². The van der Waals surface area contributed by atoms with Crippen LogP contribution in [0.3, 0.4) is 0 Å². The minimum absolute atomic E-state index is 0.314. The van der Waals surface area contributed by atoms with Crippen LogP contribution in [0.5, 0.6) is 0 Å². The molecule has 0 saturated heterocycles. The monoisotopic (exact) mass is 224 g/mol. The molecule has 0 aliphatic carbocycles. The second kappa shape index (κ2) is 7.47. The molecule has 2 N–H and O–H groups in total. The van der Waals surface area contributed by atoms with Crippen LogP contribution in [-0.2, 0) is 6.54 Å². The highest BCUT2D eigenvalue weighted by molar-refractivity contribution is 5.14. The van der Waals surface area contributed by atoms with Gasteiger partial charge in [-0.05, 0) is 44.4 Å². The van der Waals surface area contributed by atoms with Gasteiger partial charge in [0.15, 0.2) is 0 Å². The molecule has 1 atom stereocenters. The molecule has 0 radical (unpaired) electrons. The van der Waals surface area contributed by atoms with E-state index < -0.39 is 0 Å². The van der Waals surface area contributed by atoms with Crippen molar-refractivity contribution in [3.05, 3.63) is 24.0 Å². The third-order valence-electron chi connectivity index (χ3n) is 2.86. The van der Waals surface area contributed by atoms with Crippen molar-refractivity contribution in [2.24, 2.45) is 0 Å². The quantitative estimate of drug-likeness (QED) is 0.665. The van der Waals surface area contributed by atoms with Gasteiger partial charge in [0.25, 0.3) is 0 Å². The Balaban J connectivity index is 2.33. The summed E-state index contributed by atoms with van der Waals surface area (Å²) in [7, 11) is 0. The van der Waals surface area contributed by atoms with E-state index in [9.17, 15) is 0 Å². The number of hydrogen-bond donors (Lipinski definition) is 2. The Morgan fingerprint density at radius 2 is 2.19 bits per heavy atom. The van der Waals surface area contributed by atoms with Gasteiger partial charge >= 0.3 is 0 Å². The smallest absolute Gasteiger partial charge is 0.0431 e. The predicted octanol–water partition coefficient (Wildman–Crippen LogP) is 2.32. The number of unbranched alkanes of at least 4 members (excludes halogenated alkanes) is 2. The number of rotatable bonds is 8. The van der Waals surface area contributed by atoms with E-state index in [1.54, 1.807) is 0 Å². The van der Waals surface area contributed by atoms with Crippen LogP contribution in [0.4, 0.5) is 0 Å². The van der Waals surface area contributed by atoms with Gasteiger partial charge in [-0.15, -0.1) is 0 Å². The molecule has 1 rings (SSSR count). The van der Waals surface area contributed by atoms with Crippen molar-refractivity contribution < 1.29 is 5.11 Å². The van der Waals surface area contributed by atoms with Crippen LogP contribution in [0.25, 0.3) is 0 Å². The lowest BCUT2D eigenvalue weighted by atomic mass is 10.2. The van der Waals surface area contributed by atoms with Crippen molar-refractivity contribution in [3.63, 3.8) is 0 Å². The Morgan fingerprint density at radius 3 is 2.88 bits per heavy atom. The van der Waals surface area contributed by atoms with Crippen molar-refractivity contribution in [2.75, 3.05) is 13.2 Å². The Morgan fingerprint density at radius 1 is 1.38 bits per heavy atom. The minimum Gasteiger partial charge on any atom is -0.396 e. The molecule has 92 valence electrons. The SMILES string of the molecule is CCNC(C)c1ccn(CCCCCO)c1. The highest BCUT2D eigenvalue weighted by Crippen LogP contribution is 2.13. The van der Waals surface area contributed by atoms with E-state index in [1.165, 1.54) is 5.56 Å². The molecule has 3 nitrogen and oxygen atoms in total. The second-order valence-electron chi connectivity index (χ2n) is 4.25. The Labute approximate surface area is 98.5 Å². The summed E-state index contributed by atoms with van der Waals surface area (Å²) in [6.45, 7) is 6.69. The lowest BCUT2D eigenvalue weighted by Gasteiger charge is -2.09. The number of aliphatic hydroxyl groups excluding tert-OH is 1. The van der Waals surface area contributed by atoms with Gasteiger partial charge < -0.3 is 15.0 Å². The first-order valence-corrected chi connectivity index (χ1v) is 6.27. The standard InChI is InChI=1S/C13H24N2O/c1-3-14-12(2)13-7-9-15(11-13)8-5-4-6-10-16/h7,9,11-12,14,16H,3-6,8,10H2,1-2H3. The molecule has 1 aromatic heterocycles. The zero-order valence-electron chi connectivity index (χ0n) is 10.4. The number of nitrogens with zero attached hydrogens (tertiary/aromatic N) is 1. The fourth-order valence-electron chi connectivity index (χ4n) is 1.86. The normalized spacial score (nSPS) is 12.9. The molecule has 0 saturated carbocycles. The first-order valence-electron chi connectivity index (χ1n) is 6.27. The second-order valence-corrected chi connectivity index (χ2v) is 4.25. The van der Waals surface area contributed by atoms with E-state index in [1.807, 2.05) is 0 Å². The number of aryl methyl sites for hydroxylation is 1. The zero-order valence-corrected chi connectivity index (χ0v) is 10.4. The summed E-state index contributed by atoms with van der Waals surface area (Å²) in [5.74, 6) is 0. The molecule has 0 aromatic carbocycles. The summed E-state index contributed by atoms with van der Waals surface area (Å²) in [5.41, 5.74) is 1.35. The van der Waals surface area contributed by atoms with Crippen LogP contribution >= 0.6 is 0 Å². The Kier molecular flexibility index (Phi) is 6.19. The molecule has 0 aliphatic rings. The van der Waals surface area contributed by atoms with E-state index in [0.717, 1.165) is 32.4 Å². The first-order chi connectivity index (χ1) is 7.77. The third kappa shape index (κ3) is 4.37. The molecule has 0 bridgehead atoms. The topological polar surface area (TPSA) is 37.2 Å². The molecular formula is C13H24N2O. The van der Waals surface area contributed by atoms with Gasteiger partial charge in [-0.1, -0.05) is 6.92 Å². The fourth-order valence-corrected chi connectivity index (χ4v) is 1.86. The maximum Gasteiger partial charge on any atom is 0.0431 e. The zero-order chi connectivity index (χ0) is 11.8. The van der Waals surface area contributed by atoms with E-state index >= 15 is 0 Å². The molecular weight excluding hydrogens is 200 g/mol. The van der Waals surface area contributed by atoms with Gasteiger partial charge in [0, 0.05) is 31.6 Å². The summed E-state index contributed by atoms with van der Waals surface area (Å²) in [6.07, 6.45) is 7.52. The summed E-state index contributed by atoms with van der Waals surface area (Å²) < 4.78 is 2.24. The molecule has 0 fully saturated rings. The van der Waals surface area contributed by atoms with Crippen molar-refractivity contribution >= 4 is 0 Å². The average Bonchev–Trinajstić information content (AvgIpc) is 2.73.